The third kappa shape index (κ3) is 15.1. The van der Waals surface area contributed by atoms with Gasteiger partial charge in [-0.1, -0.05) is 59.0 Å². The number of hydrogen-bond acceptors (Lipinski definition) is 3. The van der Waals surface area contributed by atoms with E-state index in [2.05, 4.69) is 6.58 Å². The molecule has 0 aliphatic rings. The number of rotatable bonds is 23. The zero-order valence-electron chi connectivity index (χ0n) is 21.8. The van der Waals surface area contributed by atoms with Gasteiger partial charge in [-0.2, -0.15) is 0 Å². The van der Waals surface area contributed by atoms with Crippen molar-refractivity contribution in [1.82, 2.24) is 0 Å². The third-order valence-corrected chi connectivity index (χ3v) is 7.16. The Morgan fingerprint density at radius 3 is 1.26 bits per heavy atom. The maximum Gasteiger partial charge on any atom is 0.306 e. The SMILES string of the molecule is C=CCCCCCCCCCC[N+](CCC(C)C(=O)O)(CCC(C)C(=O)O)CCC(C)C(=O)O. The van der Waals surface area contributed by atoms with E-state index in [0.717, 1.165) is 32.2 Å². The third-order valence-electron chi connectivity index (χ3n) is 7.16. The van der Waals surface area contributed by atoms with Crippen LogP contribution in [0.15, 0.2) is 12.7 Å². The van der Waals surface area contributed by atoms with Crippen molar-refractivity contribution in [3.63, 3.8) is 0 Å². The number of unbranched alkanes of at least 4 members (excludes halogenated alkanes) is 8. The first kappa shape index (κ1) is 32.1. The Morgan fingerprint density at radius 1 is 0.618 bits per heavy atom. The van der Waals surface area contributed by atoms with E-state index in [1.807, 2.05) is 6.08 Å². The minimum Gasteiger partial charge on any atom is -0.481 e. The van der Waals surface area contributed by atoms with E-state index in [4.69, 9.17) is 0 Å². The standard InChI is InChI=1S/C27H49NO6/c1-5-6-7-8-9-10-11-12-13-14-18-28(19-15-22(2)25(29)30,20-16-23(3)26(31)32)21-17-24(4)27(33)34/h5,22-24H,1,6-21H2,2-4H3,(H2-,29,30,31,32,33,34)/p+1. The van der Waals surface area contributed by atoms with Gasteiger partial charge in [-0.05, 0) is 25.7 Å². The summed E-state index contributed by atoms with van der Waals surface area (Å²) in [6, 6.07) is 0. The Hall–Kier alpha value is -1.89. The Bertz CT molecular complexity index is 546. The first-order valence-corrected chi connectivity index (χ1v) is 13.2. The van der Waals surface area contributed by atoms with Crippen molar-refractivity contribution < 1.29 is 34.2 Å². The molecule has 3 unspecified atom stereocenters. The fourth-order valence-corrected chi connectivity index (χ4v) is 4.24. The van der Waals surface area contributed by atoms with Gasteiger partial charge in [-0.3, -0.25) is 14.4 Å². The van der Waals surface area contributed by atoms with Gasteiger partial charge in [0.25, 0.3) is 0 Å². The molecule has 0 amide bonds. The number of nitrogens with zero attached hydrogens (tertiary/aromatic N) is 1. The van der Waals surface area contributed by atoms with Gasteiger partial charge < -0.3 is 19.8 Å². The molecule has 0 radical (unpaired) electrons. The van der Waals surface area contributed by atoms with E-state index in [-0.39, 0.29) is 0 Å². The summed E-state index contributed by atoms with van der Waals surface area (Å²) >= 11 is 0. The van der Waals surface area contributed by atoms with E-state index in [1.54, 1.807) is 20.8 Å². The van der Waals surface area contributed by atoms with Gasteiger partial charge in [-0.25, -0.2) is 0 Å². The maximum absolute atomic E-state index is 11.4. The summed E-state index contributed by atoms with van der Waals surface area (Å²) in [5, 5.41) is 28.1. The van der Waals surface area contributed by atoms with Crippen LogP contribution in [0.5, 0.6) is 0 Å². The summed E-state index contributed by atoms with van der Waals surface area (Å²) in [4.78, 5) is 34.2. The molecular weight excluding hydrogens is 434 g/mol. The van der Waals surface area contributed by atoms with Gasteiger partial charge in [-0.15, -0.1) is 6.58 Å². The summed E-state index contributed by atoms with van der Waals surface area (Å²) in [5.74, 6) is -3.93. The highest BCUT2D eigenvalue weighted by molar-refractivity contribution is 5.70. The van der Waals surface area contributed by atoms with Crippen molar-refractivity contribution in [2.45, 2.75) is 97.8 Å². The largest absolute Gasteiger partial charge is 0.481 e. The van der Waals surface area contributed by atoms with E-state index in [0.29, 0.717) is 43.4 Å². The summed E-state index contributed by atoms with van der Waals surface area (Å²) < 4.78 is 0.606. The van der Waals surface area contributed by atoms with Crippen molar-refractivity contribution in [2.75, 3.05) is 26.2 Å². The molecule has 0 saturated heterocycles. The number of carbonyl (C=O) groups is 3. The highest BCUT2D eigenvalue weighted by atomic mass is 16.4. The second-order valence-electron chi connectivity index (χ2n) is 10.2. The van der Waals surface area contributed by atoms with Crippen LogP contribution in [-0.2, 0) is 14.4 Å². The minimum atomic E-state index is -0.830. The molecule has 0 bridgehead atoms. The lowest BCUT2D eigenvalue weighted by Gasteiger charge is -2.40. The molecule has 0 heterocycles. The molecule has 34 heavy (non-hydrogen) atoms. The van der Waals surface area contributed by atoms with E-state index in [9.17, 15) is 29.7 Å². The second-order valence-corrected chi connectivity index (χ2v) is 10.2. The first-order valence-electron chi connectivity index (χ1n) is 13.2. The Kier molecular flexibility index (Phi) is 17.4. The van der Waals surface area contributed by atoms with Crippen LogP contribution in [0, 0.1) is 17.8 Å². The summed E-state index contributed by atoms with van der Waals surface area (Å²) in [6.07, 6.45) is 13.9. The van der Waals surface area contributed by atoms with Gasteiger partial charge in [0.15, 0.2) is 0 Å². The van der Waals surface area contributed by atoms with Gasteiger partial charge in [0.2, 0.25) is 0 Å². The van der Waals surface area contributed by atoms with Crippen molar-refractivity contribution >= 4 is 17.9 Å². The van der Waals surface area contributed by atoms with Crippen molar-refractivity contribution in [3.05, 3.63) is 12.7 Å². The number of carboxylic acids is 3. The molecule has 0 aliphatic heterocycles. The topological polar surface area (TPSA) is 112 Å². The average molecular weight is 485 g/mol. The lowest BCUT2D eigenvalue weighted by atomic mass is 10.0. The Morgan fingerprint density at radius 2 is 0.941 bits per heavy atom. The van der Waals surface area contributed by atoms with E-state index >= 15 is 0 Å². The van der Waals surface area contributed by atoms with Crippen molar-refractivity contribution in [3.8, 4) is 0 Å². The highest BCUT2D eigenvalue weighted by Gasteiger charge is 2.31. The van der Waals surface area contributed by atoms with Crippen LogP contribution in [0.4, 0.5) is 0 Å². The van der Waals surface area contributed by atoms with E-state index in [1.165, 1.54) is 32.1 Å². The minimum absolute atomic E-state index is 0.479. The molecular formula is C27H50NO6+. The number of aliphatic carboxylic acids is 3. The molecule has 7 nitrogen and oxygen atoms in total. The summed E-state index contributed by atoms with van der Waals surface area (Å²) in [5.41, 5.74) is 0. The van der Waals surface area contributed by atoms with Crippen LogP contribution < -0.4 is 0 Å². The van der Waals surface area contributed by atoms with Gasteiger partial charge in [0.05, 0.1) is 43.9 Å². The number of carboxylic acid groups (broad SMARTS) is 3. The van der Waals surface area contributed by atoms with Crippen LogP contribution in [0.25, 0.3) is 0 Å². The number of allylic oxidation sites excluding steroid dienone is 1. The normalized spacial score (nSPS) is 15.7. The Labute approximate surface area is 206 Å². The maximum atomic E-state index is 11.4. The molecule has 0 saturated carbocycles. The fourth-order valence-electron chi connectivity index (χ4n) is 4.24. The zero-order valence-corrected chi connectivity index (χ0v) is 21.8. The highest BCUT2D eigenvalue weighted by Crippen LogP contribution is 2.22. The molecule has 0 fully saturated rings. The monoisotopic (exact) mass is 484 g/mol. The van der Waals surface area contributed by atoms with Crippen LogP contribution >= 0.6 is 0 Å². The number of quaternary nitrogens is 1. The molecule has 0 aliphatic carbocycles. The Balaban J connectivity index is 5.05. The molecule has 0 aromatic heterocycles. The van der Waals surface area contributed by atoms with Gasteiger partial charge in [0, 0.05) is 19.3 Å². The molecule has 3 N–H and O–H groups in total. The molecule has 0 spiro atoms. The molecule has 198 valence electrons. The molecule has 7 heteroatoms. The first-order chi connectivity index (χ1) is 16.0. The van der Waals surface area contributed by atoms with Crippen molar-refractivity contribution in [1.29, 1.82) is 0 Å². The summed E-state index contributed by atoms with van der Waals surface area (Å²) in [6.45, 7) is 11.6. The lowest BCUT2D eigenvalue weighted by Crippen LogP contribution is -2.52. The lowest BCUT2D eigenvalue weighted by molar-refractivity contribution is -0.929. The quantitative estimate of drug-likeness (QED) is 0.0955. The second kappa shape index (κ2) is 18.4. The zero-order chi connectivity index (χ0) is 26.0. The van der Waals surface area contributed by atoms with Crippen LogP contribution in [0.2, 0.25) is 0 Å². The predicted molar refractivity (Wildman–Crippen MR) is 136 cm³/mol. The summed E-state index contributed by atoms with van der Waals surface area (Å²) in [7, 11) is 0. The molecule has 0 aromatic rings. The smallest absolute Gasteiger partial charge is 0.306 e. The van der Waals surface area contributed by atoms with Gasteiger partial charge in [0.1, 0.15) is 0 Å². The van der Waals surface area contributed by atoms with Crippen LogP contribution in [0.1, 0.15) is 97.8 Å². The molecule has 0 aromatic carbocycles. The average Bonchev–Trinajstić information content (AvgIpc) is 2.79. The van der Waals surface area contributed by atoms with E-state index < -0.39 is 35.7 Å². The van der Waals surface area contributed by atoms with Crippen LogP contribution in [-0.4, -0.2) is 63.9 Å². The fraction of sp³-hybridized carbons (Fsp3) is 0.815. The molecule has 0 rings (SSSR count). The molecule has 3 atom stereocenters. The van der Waals surface area contributed by atoms with Crippen LogP contribution in [0.3, 0.4) is 0 Å². The van der Waals surface area contributed by atoms with Crippen molar-refractivity contribution in [2.24, 2.45) is 17.8 Å². The predicted octanol–water partition coefficient (Wildman–Crippen LogP) is 5.83. The number of hydrogen-bond donors (Lipinski definition) is 3. The van der Waals surface area contributed by atoms with Gasteiger partial charge >= 0.3 is 17.9 Å².